The molecule has 1 aliphatic rings. The summed E-state index contributed by atoms with van der Waals surface area (Å²) in [7, 11) is 0. The third-order valence-corrected chi connectivity index (χ3v) is 6.68. The molecule has 0 bridgehead atoms. The van der Waals surface area contributed by atoms with Crippen LogP contribution < -0.4 is 5.32 Å². The van der Waals surface area contributed by atoms with Crippen molar-refractivity contribution in [1.82, 2.24) is 10.2 Å². The minimum atomic E-state index is -0.647. The number of halogens is 1. The SMILES string of the molecule is Cc1cccc(CN(C(=O)Cc2ccc(F)cc2)C(Cc2ccccc2)C(=O)NC2CCCC2)c1. The molecule has 35 heavy (non-hydrogen) atoms. The van der Waals surface area contributed by atoms with E-state index in [4.69, 9.17) is 0 Å². The molecular weight excluding hydrogens is 439 g/mol. The first-order chi connectivity index (χ1) is 17.0. The summed E-state index contributed by atoms with van der Waals surface area (Å²) >= 11 is 0. The summed E-state index contributed by atoms with van der Waals surface area (Å²) in [6.45, 7) is 2.35. The van der Waals surface area contributed by atoms with Gasteiger partial charge in [0.15, 0.2) is 0 Å². The van der Waals surface area contributed by atoms with Gasteiger partial charge in [0.2, 0.25) is 11.8 Å². The van der Waals surface area contributed by atoms with E-state index in [0.29, 0.717) is 13.0 Å². The second-order valence-electron chi connectivity index (χ2n) is 9.51. The van der Waals surface area contributed by atoms with E-state index in [2.05, 4.69) is 5.32 Å². The van der Waals surface area contributed by atoms with E-state index in [1.54, 1.807) is 17.0 Å². The highest BCUT2D eigenvalue weighted by atomic mass is 19.1. The van der Waals surface area contributed by atoms with Gasteiger partial charge < -0.3 is 10.2 Å². The van der Waals surface area contributed by atoms with Crippen molar-refractivity contribution in [3.8, 4) is 0 Å². The van der Waals surface area contributed by atoms with Crippen molar-refractivity contribution in [1.29, 1.82) is 0 Å². The quantitative estimate of drug-likeness (QED) is 0.455. The van der Waals surface area contributed by atoms with Gasteiger partial charge in [-0.1, -0.05) is 85.1 Å². The van der Waals surface area contributed by atoms with Gasteiger partial charge in [0.25, 0.3) is 0 Å². The number of rotatable bonds is 9. The van der Waals surface area contributed by atoms with Gasteiger partial charge in [-0.3, -0.25) is 9.59 Å². The molecule has 3 aromatic rings. The van der Waals surface area contributed by atoms with Crippen LogP contribution in [-0.2, 0) is 29.0 Å². The van der Waals surface area contributed by atoms with Crippen LogP contribution in [0.1, 0.15) is 47.9 Å². The highest BCUT2D eigenvalue weighted by Gasteiger charge is 2.32. The Morgan fingerprint density at radius 3 is 2.29 bits per heavy atom. The van der Waals surface area contributed by atoms with Crippen LogP contribution in [0.15, 0.2) is 78.9 Å². The molecule has 182 valence electrons. The van der Waals surface area contributed by atoms with Gasteiger partial charge >= 0.3 is 0 Å². The normalized spacial score (nSPS) is 14.5. The number of carbonyl (C=O) groups excluding carboxylic acids is 2. The van der Waals surface area contributed by atoms with Crippen molar-refractivity contribution < 1.29 is 14.0 Å². The molecule has 0 radical (unpaired) electrons. The zero-order chi connectivity index (χ0) is 24.6. The summed E-state index contributed by atoms with van der Waals surface area (Å²) in [5, 5.41) is 3.22. The van der Waals surface area contributed by atoms with E-state index in [1.165, 1.54) is 12.1 Å². The molecule has 0 aromatic heterocycles. The van der Waals surface area contributed by atoms with Crippen LogP contribution >= 0.6 is 0 Å². The molecule has 1 unspecified atom stereocenters. The maximum Gasteiger partial charge on any atom is 0.243 e. The molecule has 4 rings (SSSR count). The largest absolute Gasteiger partial charge is 0.352 e. The Hall–Kier alpha value is -3.47. The summed E-state index contributed by atoms with van der Waals surface area (Å²) in [4.78, 5) is 29.1. The molecule has 1 saturated carbocycles. The minimum absolute atomic E-state index is 0.105. The average molecular weight is 473 g/mol. The van der Waals surface area contributed by atoms with Gasteiger partial charge in [-0.05, 0) is 48.6 Å². The predicted octanol–water partition coefficient (Wildman–Crippen LogP) is 5.38. The zero-order valence-corrected chi connectivity index (χ0v) is 20.3. The monoisotopic (exact) mass is 472 g/mol. The fraction of sp³-hybridized carbons (Fsp3) is 0.333. The highest BCUT2D eigenvalue weighted by molar-refractivity contribution is 5.89. The Bertz CT molecular complexity index is 1120. The maximum absolute atomic E-state index is 13.7. The first kappa shape index (κ1) is 24.6. The molecule has 1 atom stereocenters. The lowest BCUT2D eigenvalue weighted by Crippen LogP contribution is -2.52. The fourth-order valence-corrected chi connectivity index (χ4v) is 4.81. The van der Waals surface area contributed by atoms with Crippen molar-refractivity contribution in [2.75, 3.05) is 0 Å². The van der Waals surface area contributed by atoms with Crippen LogP contribution in [0.4, 0.5) is 4.39 Å². The summed E-state index contributed by atoms with van der Waals surface area (Å²) < 4.78 is 13.4. The number of nitrogens with one attached hydrogen (secondary N) is 1. The number of nitrogens with zero attached hydrogens (tertiary/aromatic N) is 1. The Morgan fingerprint density at radius 2 is 1.60 bits per heavy atom. The molecule has 1 N–H and O–H groups in total. The number of carbonyl (C=O) groups is 2. The summed E-state index contributed by atoms with van der Waals surface area (Å²) in [5.74, 6) is -0.600. The lowest BCUT2D eigenvalue weighted by atomic mass is 10.0. The molecule has 0 spiro atoms. The van der Waals surface area contributed by atoms with Gasteiger partial charge in [-0.15, -0.1) is 0 Å². The molecule has 5 heteroatoms. The number of amides is 2. The van der Waals surface area contributed by atoms with Gasteiger partial charge in [0.05, 0.1) is 6.42 Å². The second-order valence-corrected chi connectivity index (χ2v) is 9.51. The smallest absolute Gasteiger partial charge is 0.243 e. The van der Waals surface area contributed by atoms with Crippen LogP contribution in [0.3, 0.4) is 0 Å². The molecular formula is C30H33FN2O2. The second kappa shape index (κ2) is 11.8. The maximum atomic E-state index is 13.7. The Morgan fingerprint density at radius 1 is 0.914 bits per heavy atom. The first-order valence-electron chi connectivity index (χ1n) is 12.4. The topological polar surface area (TPSA) is 49.4 Å². The Balaban J connectivity index is 1.65. The lowest BCUT2D eigenvalue weighted by molar-refractivity contribution is -0.141. The minimum Gasteiger partial charge on any atom is -0.352 e. The molecule has 2 amide bonds. The van der Waals surface area contributed by atoms with Crippen LogP contribution in [0, 0.1) is 12.7 Å². The molecule has 3 aromatic carbocycles. The lowest BCUT2D eigenvalue weighted by Gasteiger charge is -2.32. The highest BCUT2D eigenvalue weighted by Crippen LogP contribution is 2.21. The number of benzene rings is 3. The molecule has 1 fully saturated rings. The molecule has 0 aliphatic heterocycles. The van der Waals surface area contributed by atoms with Gasteiger partial charge in [0, 0.05) is 19.0 Å². The van der Waals surface area contributed by atoms with Crippen molar-refractivity contribution >= 4 is 11.8 Å². The van der Waals surface area contributed by atoms with Crippen LogP contribution in [0.2, 0.25) is 0 Å². The molecule has 1 aliphatic carbocycles. The number of aryl methyl sites for hydroxylation is 1. The zero-order valence-electron chi connectivity index (χ0n) is 20.3. The average Bonchev–Trinajstić information content (AvgIpc) is 3.36. The van der Waals surface area contributed by atoms with E-state index in [9.17, 15) is 14.0 Å². The fourth-order valence-electron chi connectivity index (χ4n) is 4.81. The number of hydrogen-bond acceptors (Lipinski definition) is 2. The van der Waals surface area contributed by atoms with Crippen molar-refractivity contribution in [3.05, 3.63) is 107 Å². The predicted molar refractivity (Wildman–Crippen MR) is 136 cm³/mol. The molecule has 4 nitrogen and oxygen atoms in total. The Labute approximate surface area is 207 Å². The third kappa shape index (κ3) is 7.01. The van der Waals surface area contributed by atoms with E-state index < -0.39 is 6.04 Å². The van der Waals surface area contributed by atoms with Crippen molar-refractivity contribution in [2.24, 2.45) is 0 Å². The van der Waals surface area contributed by atoms with Crippen LogP contribution in [0.5, 0.6) is 0 Å². The summed E-state index contributed by atoms with van der Waals surface area (Å²) in [5.41, 5.74) is 3.80. The van der Waals surface area contributed by atoms with Gasteiger partial charge in [0.1, 0.15) is 11.9 Å². The van der Waals surface area contributed by atoms with Crippen molar-refractivity contribution in [2.45, 2.75) is 64.1 Å². The first-order valence-corrected chi connectivity index (χ1v) is 12.4. The van der Waals surface area contributed by atoms with E-state index >= 15 is 0 Å². The van der Waals surface area contributed by atoms with Gasteiger partial charge in [-0.25, -0.2) is 4.39 Å². The van der Waals surface area contributed by atoms with E-state index in [1.807, 2.05) is 61.5 Å². The van der Waals surface area contributed by atoms with Crippen LogP contribution in [0.25, 0.3) is 0 Å². The van der Waals surface area contributed by atoms with Crippen LogP contribution in [-0.4, -0.2) is 28.8 Å². The molecule has 0 heterocycles. The van der Waals surface area contributed by atoms with E-state index in [-0.39, 0.29) is 30.1 Å². The van der Waals surface area contributed by atoms with E-state index in [0.717, 1.165) is 47.9 Å². The van der Waals surface area contributed by atoms with Gasteiger partial charge in [-0.2, -0.15) is 0 Å². The molecule has 0 saturated heterocycles. The summed E-state index contributed by atoms with van der Waals surface area (Å²) in [6.07, 6.45) is 4.72. The van der Waals surface area contributed by atoms with Crippen molar-refractivity contribution in [3.63, 3.8) is 0 Å². The number of hydrogen-bond donors (Lipinski definition) is 1. The standard InChI is InChI=1S/C30H33FN2O2/c1-22-8-7-11-25(18-22)21-33(29(34)20-24-14-16-26(31)17-15-24)28(19-23-9-3-2-4-10-23)30(35)32-27-12-5-6-13-27/h2-4,7-11,14-18,27-28H,5-6,12-13,19-21H2,1H3,(H,32,35). The third-order valence-electron chi connectivity index (χ3n) is 6.68. The Kier molecular flexibility index (Phi) is 8.30. The summed E-state index contributed by atoms with van der Waals surface area (Å²) in [6, 6.07) is 23.3.